The number of carbonyl (C=O) groups excluding carboxylic acids is 1. The molecule has 0 aliphatic heterocycles. The Hall–Kier alpha value is -3.89. The predicted octanol–water partition coefficient (Wildman–Crippen LogP) is 5.82. The van der Waals surface area contributed by atoms with Gasteiger partial charge in [0.1, 0.15) is 11.3 Å². The number of hydrogen-bond acceptors (Lipinski definition) is 5. The van der Waals surface area contributed by atoms with Gasteiger partial charge in [-0.05, 0) is 70.8 Å². The van der Waals surface area contributed by atoms with Crippen molar-refractivity contribution < 1.29 is 28.2 Å². The van der Waals surface area contributed by atoms with E-state index in [2.05, 4.69) is 5.32 Å². The van der Waals surface area contributed by atoms with E-state index in [1.165, 1.54) is 37.4 Å². The van der Waals surface area contributed by atoms with Gasteiger partial charge in [0.25, 0.3) is 0 Å². The van der Waals surface area contributed by atoms with Crippen molar-refractivity contribution >= 4 is 45.6 Å². The number of carboxylic acid groups (broad SMARTS) is 1. The van der Waals surface area contributed by atoms with Crippen molar-refractivity contribution in [3.05, 3.63) is 118 Å². The number of aromatic carboxylic acids is 1. The van der Waals surface area contributed by atoms with E-state index in [9.17, 15) is 23.1 Å². The molecule has 4 rings (SSSR count). The minimum Gasteiger partial charge on any atom is -0.507 e. The molecule has 208 valence electrons. The molecule has 0 aliphatic carbocycles. The number of nitrogens with one attached hydrogen (secondary N) is 1. The molecule has 0 saturated heterocycles. The minimum atomic E-state index is -3.78. The Bertz CT molecular complexity index is 1560. The number of halogens is 2. The van der Waals surface area contributed by atoms with Gasteiger partial charge in [0.2, 0.25) is 16.4 Å². The number of benzene rings is 4. The maximum Gasteiger partial charge on any atom is 0.339 e. The molecule has 11 heteroatoms. The second-order valence-electron chi connectivity index (χ2n) is 8.57. The van der Waals surface area contributed by atoms with Gasteiger partial charge in [-0.3, -0.25) is 4.79 Å². The Morgan fingerprint density at radius 3 is 1.88 bits per heavy atom. The number of rotatable bonds is 9. The van der Waals surface area contributed by atoms with E-state index >= 15 is 0 Å². The molecule has 0 unspecified atom stereocenters. The lowest BCUT2D eigenvalue weighted by Crippen LogP contribution is -2.26. The van der Waals surface area contributed by atoms with Gasteiger partial charge < -0.3 is 15.5 Å². The summed E-state index contributed by atoms with van der Waals surface area (Å²) in [4.78, 5) is 21.2. The SMILES string of the molecule is CN(Cc1ccc(O)c(C(=O)O)c1)S(=O)(=O)c1ccc(-c2ccc(Cl)cc2)cc1.O=CNCc1ccc(Cl)cc1. The fourth-order valence-corrected chi connectivity index (χ4v) is 5.01. The molecule has 3 N–H and O–H groups in total. The van der Waals surface area contributed by atoms with Crippen LogP contribution in [0.2, 0.25) is 10.0 Å². The van der Waals surface area contributed by atoms with E-state index in [4.69, 9.17) is 28.3 Å². The van der Waals surface area contributed by atoms with E-state index in [0.29, 0.717) is 28.6 Å². The molecular weight excluding hydrogens is 575 g/mol. The lowest BCUT2D eigenvalue weighted by atomic mass is 10.1. The van der Waals surface area contributed by atoms with E-state index in [0.717, 1.165) is 21.0 Å². The topological polar surface area (TPSA) is 124 Å². The maximum absolute atomic E-state index is 12.9. The average molecular weight is 602 g/mol. The molecule has 8 nitrogen and oxygen atoms in total. The van der Waals surface area contributed by atoms with E-state index in [-0.39, 0.29) is 22.8 Å². The molecule has 0 bridgehead atoms. The van der Waals surface area contributed by atoms with Crippen molar-refractivity contribution in [1.82, 2.24) is 9.62 Å². The Morgan fingerprint density at radius 2 is 1.35 bits per heavy atom. The highest BCUT2D eigenvalue weighted by Crippen LogP contribution is 2.25. The third-order valence-electron chi connectivity index (χ3n) is 5.74. The fourth-order valence-electron chi connectivity index (χ4n) is 3.60. The fraction of sp³-hybridized carbons (Fsp3) is 0.103. The average Bonchev–Trinajstić information content (AvgIpc) is 2.94. The first kappa shape index (κ1) is 30.6. The van der Waals surface area contributed by atoms with Crippen molar-refractivity contribution in [1.29, 1.82) is 0 Å². The molecule has 0 atom stereocenters. The van der Waals surface area contributed by atoms with Gasteiger partial charge >= 0.3 is 5.97 Å². The zero-order valence-corrected chi connectivity index (χ0v) is 23.6. The van der Waals surface area contributed by atoms with Gasteiger partial charge in [-0.15, -0.1) is 0 Å². The number of hydrogen-bond donors (Lipinski definition) is 3. The molecule has 0 fully saturated rings. The second-order valence-corrected chi connectivity index (χ2v) is 11.5. The van der Waals surface area contributed by atoms with Crippen molar-refractivity contribution in [3.8, 4) is 16.9 Å². The van der Waals surface area contributed by atoms with Crippen LogP contribution in [0.5, 0.6) is 5.75 Å². The van der Waals surface area contributed by atoms with Crippen LogP contribution in [0.4, 0.5) is 0 Å². The van der Waals surface area contributed by atoms with Crippen LogP contribution in [0.25, 0.3) is 11.1 Å². The Morgan fingerprint density at radius 1 is 0.850 bits per heavy atom. The summed E-state index contributed by atoms with van der Waals surface area (Å²) >= 11 is 11.5. The molecule has 0 spiro atoms. The van der Waals surface area contributed by atoms with Gasteiger partial charge in [-0.1, -0.05) is 65.7 Å². The number of aromatic hydroxyl groups is 1. The molecule has 1 amide bonds. The van der Waals surface area contributed by atoms with E-state index in [1.807, 2.05) is 24.3 Å². The highest BCUT2D eigenvalue weighted by atomic mass is 35.5. The molecular formula is C29H26Cl2N2O6S. The molecule has 4 aromatic rings. The zero-order chi connectivity index (χ0) is 29.3. The third kappa shape index (κ3) is 8.30. The molecule has 0 radical (unpaired) electrons. The van der Waals surface area contributed by atoms with Crippen LogP contribution < -0.4 is 5.32 Å². The lowest BCUT2D eigenvalue weighted by molar-refractivity contribution is -0.109. The third-order valence-corrected chi connectivity index (χ3v) is 8.06. The van der Waals surface area contributed by atoms with Gasteiger partial charge in [0, 0.05) is 30.2 Å². The first-order chi connectivity index (χ1) is 19.0. The van der Waals surface area contributed by atoms with Gasteiger partial charge in [-0.2, -0.15) is 4.31 Å². The van der Waals surface area contributed by atoms with E-state index in [1.54, 1.807) is 36.4 Å². The molecule has 40 heavy (non-hydrogen) atoms. The second kappa shape index (κ2) is 14.0. The smallest absolute Gasteiger partial charge is 0.339 e. The van der Waals surface area contributed by atoms with Crippen molar-refractivity contribution in [2.75, 3.05) is 7.05 Å². The molecule has 0 aromatic heterocycles. The highest BCUT2D eigenvalue weighted by molar-refractivity contribution is 7.89. The van der Waals surface area contributed by atoms with Crippen LogP contribution in [0.3, 0.4) is 0 Å². The van der Waals surface area contributed by atoms with E-state index < -0.39 is 16.0 Å². The number of carbonyl (C=O) groups is 2. The maximum atomic E-state index is 12.9. The molecule has 0 saturated carbocycles. The van der Waals surface area contributed by atoms with Crippen LogP contribution in [0.1, 0.15) is 21.5 Å². The van der Waals surface area contributed by atoms with Crippen LogP contribution in [0.15, 0.2) is 95.9 Å². The highest BCUT2D eigenvalue weighted by Gasteiger charge is 2.22. The van der Waals surface area contributed by atoms with Crippen molar-refractivity contribution in [3.63, 3.8) is 0 Å². The zero-order valence-electron chi connectivity index (χ0n) is 21.3. The minimum absolute atomic E-state index is 0.0399. The standard InChI is InChI=1S/C21H18ClNO5S.C8H8ClNO/c1-23(13-14-2-11-20(24)19(12-14)21(25)26)29(27,28)18-9-5-16(6-10-18)15-3-7-17(22)8-4-15;9-8-3-1-7(2-4-8)5-10-6-11/h2-12,24H,13H2,1H3,(H,25,26);1-4,6H,5H2,(H,10,11). The first-order valence-electron chi connectivity index (χ1n) is 11.8. The summed E-state index contributed by atoms with van der Waals surface area (Å²) in [5.41, 5.74) is 2.98. The van der Waals surface area contributed by atoms with Gasteiger partial charge in [0.05, 0.1) is 4.90 Å². The number of amides is 1. The number of phenols is 1. The predicted molar refractivity (Wildman–Crippen MR) is 155 cm³/mol. The summed E-state index contributed by atoms with van der Waals surface area (Å²) in [6, 6.07) is 25.0. The summed E-state index contributed by atoms with van der Waals surface area (Å²) < 4.78 is 26.8. The van der Waals surface area contributed by atoms with Crippen molar-refractivity contribution in [2.45, 2.75) is 18.0 Å². The van der Waals surface area contributed by atoms with Crippen LogP contribution in [-0.4, -0.2) is 42.4 Å². The monoisotopic (exact) mass is 600 g/mol. The summed E-state index contributed by atoms with van der Waals surface area (Å²) in [6.07, 6.45) is 0.675. The number of sulfonamides is 1. The van der Waals surface area contributed by atoms with Gasteiger partial charge in [0.15, 0.2) is 0 Å². The van der Waals surface area contributed by atoms with Crippen LogP contribution in [-0.2, 0) is 27.9 Å². The number of nitrogens with zero attached hydrogens (tertiary/aromatic N) is 1. The Kier molecular flexibility index (Phi) is 10.7. The normalized spacial score (nSPS) is 10.9. The Balaban J connectivity index is 0.000000336. The largest absolute Gasteiger partial charge is 0.507 e. The quantitative estimate of drug-likeness (QED) is 0.208. The summed E-state index contributed by atoms with van der Waals surface area (Å²) in [7, 11) is -2.37. The first-order valence-corrected chi connectivity index (χ1v) is 14.0. The molecule has 4 aromatic carbocycles. The summed E-state index contributed by atoms with van der Waals surface area (Å²) in [6.45, 7) is 0.516. The Labute approximate surface area is 242 Å². The molecule has 0 aliphatic rings. The number of carboxylic acids is 1. The van der Waals surface area contributed by atoms with Crippen LogP contribution >= 0.6 is 23.2 Å². The molecule has 0 heterocycles. The summed E-state index contributed by atoms with van der Waals surface area (Å²) in [5, 5.41) is 22.6. The van der Waals surface area contributed by atoms with Gasteiger partial charge in [-0.25, -0.2) is 13.2 Å². The lowest BCUT2D eigenvalue weighted by Gasteiger charge is -2.18. The van der Waals surface area contributed by atoms with Crippen LogP contribution in [0, 0.1) is 0 Å². The van der Waals surface area contributed by atoms with Crippen molar-refractivity contribution in [2.24, 2.45) is 0 Å². The summed E-state index contributed by atoms with van der Waals surface area (Å²) in [5.74, 6) is -1.66.